The van der Waals surface area contributed by atoms with Crippen molar-refractivity contribution in [3.05, 3.63) is 67.6 Å². The largest absolute Gasteiger partial charge is 0.389 e. The molecule has 4 N–H and O–H groups in total. The molecule has 0 fully saturated rings. The van der Waals surface area contributed by atoms with Gasteiger partial charge in [0, 0.05) is 12.1 Å². The maximum atomic E-state index is 8.25. The molecule has 0 aromatic carbocycles. The molecule has 2 heterocycles. The second kappa shape index (κ2) is 14.7. The first-order valence-corrected chi connectivity index (χ1v) is 7.18. The monoisotopic (exact) mass is 370 g/mol. The molecule has 0 aliphatic carbocycles. The lowest BCUT2D eigenvalue weighted by Crippen LogP contribution is -2.17. The van der Waals surface area contributed by atoms with Crippen LogP contribution < -0.4 is 20.6 Å². The zero-order valence-corrected chi connectivity index (χ0v) is 13.5. The molecule has 2 aromatic rings. The number of hydrogen-bond donors (Lipinski definition) is 2. The standard InChI is InChI=1S/C12H16N6.2NO3/c1(5-13-11-15-7-3-8-16-11)2-6-14-12-17-9-4-10-18-12;2*2-1(3)4/h3-4,7-10H,1-2,5-6H2,(H,13,15,16)(H,14,17,18);;/q;2*-1/p+2. The van der Waals surface area contributed by atoms with Crippen LogP contribution >= 0.6 is 0 Å². The number of nitrogens with zero attached hydrogens (tertiary/aromatic N) is 4. The molecule has 0 saturated carbocycles. The smallest absolute Gasteiger partial charge is 0.356 e. The Bertz CT molecular complexity index is 554. The van der Waals surface area contributed by atoms with Gasteiger partial charge >= 0.3 is 11.9 Å². The molecule has 142 valence electrons. The highest BCUT2D eigenvalue weighted by atomic mass is 16.9. The van der Waals surface area contributed by atoms with Crippen LogP contribution in [0.25, 0.3) is 0 Å². The van der Waals surface area contributed by atoms with Crippen molar-refractivity contribution in [3.8, 4) is 0 Å². The summed E-state index contributed by atoms with van der Waals surface area (Å²) in [7, 11) is 0. The number of H-pyrrole nitrogens is 2. The summed E-state index contributed by atoms with van der Waals surface area (Å²) in [6, 6.07) is 3.72. The quantitative estimate of drug-likeness (QED) is 0.376. The van der Waals surface area contributed by atoms with Crippen molar-refractivity contribution in [3.63, 3.8) is 0 Å². The van der Waals surface area contributed by atoms with E-state index in [-0.39, 0.29) is 0 Å². The SMILES string of the molecule is O=[N+]([O-])[O-].O=[N+]([O-])[O-].c1cnc(NCCCCNc2nccc[nH+]2)[nH+]c1. The lowest BCUT2D eigenvalue weighted by molar-refractivity contribution is -0.403. The molecular weight excluding hydrogens is 352 g/mol. The Hall–Kier alpha value is -3.84. The fourth-order valence-corrected chi connectivity index (χ4v) is 1.51. The van der Waals surface area contributed by atoms with Gasteiger partial charge in [0.25, 0.3) is 0 Å². The first kappa shape index (κ1) is 22.2. The molecule has 2 aromatic heterocycles. The van der Waals surface area contributed by atoms with Crippen molar-refractivity contribution in [1.82, 2.24) is 9.97 Å². The van der Waals surface area contributed by atoms with Crippen LogP contribution in [0.4, 0.5) is 11.9 Å². The number of anilines is 2. The molecule has 0 aliphatic rings. The fourth-order valence-electron chi connectivity index (χ4n) is 1.51. The second-order valence-electron chi connectivity index (χ2n) is 4.27. The number of aromatic nitrogens is 4. The summed E-state index contributed by atoms with van der Waals surface area (Å²) < 4.78 is 0. The highest BCUT2D eigenvalue weighted by Crippen LogP contribution is 1.94. The van der Waals surface area contributed by atoms with Gasteiger partial charge in [0.1, 0.15) is 12.4 Å². The predicted octanol–water partition coefficient (Wildman–Crippen LogP) is -0.0692. The van der Waals surface area contributed by atoms with Gasteiger partial charge in [-0.1, -0.05) is 9.97 Å². The third kappa shape index (κ3) is 16.5. The van der Waals surface area contributed by atoms with Gasteiger partial charge in [-0.3, -0.25) is 10.6 Å². The van der Waals surface area contributed by atoms with Gasteiger partial charge in [-0.2, -0.15) is 0 Å². The van der Waals surface area contributed by atoms with E-state index in [1.165, 1.54) is 0 Å². The Morgan fingerprint density at radius 3 is 1.42 bits per heavy atom. The van der Waals surface area contributed by atoms with Gasteiger partial charge in [-0.15, -0.1) is 0 Å². The van der Waals surface area contributed by atoms with Crippen LogP contribution in [0.2, 0.25) is 0 Å². The van der Waals surface area contributed by atoms with E-state index in [0.717, 1.165) is 37.8 Å². The van der Waals surface area contributed by atoms with Gasteiger partial charge in [0.05, 0.1) is 35.7 Å². The summed E-state index contributed by atoms with van der Waals surface area (Å²) in [5.41, 5.74) is 0. The number of rotatable bonds is 7. The van der Waals surface area contributed by atoms with E-state index in [1.54, 1.807) is 12.4 Å². The van der Waals surface area contributed by atoms with Crippen LogP contribution in [-0.4, -0.2) is 33.2 Å². The van der Waals surface area contributed by atoms with Crippen LogP contribution in [0.15, 0.2) is 36.9 Å². The van der Waals surface area contributed by atoms with Gasteiger partial charge < -0.3 is 30.6 Å². The molecule has 0 saturated heterocycles. The average molecular weight is 370 g/mol. The zero-order valence-electron chi connectivity index (χ0n) is 13.5. The topological polar surface area (TPSA) is 211 Å². The normalized spacial score (nSPS) is 8.77. The van der Waals surface area contributed by atoms with Crippen LogP contribution in [0.1, 0.15) is 12.8 Å². The van der Waals surface area contributed by atoms with Crippen molar-refractivity contribution in [2.75, 3.05) is 23.7 Å². The Balaban J connectivity index is 0.000000662. The minimum atomic E-state index is -1.75. The lowest BCUT2D eigenvalue weighted by Gasteiger charge is -1.98. The first-order chi connectivity index (χ1) is 12.4. The molecule has 14 heteroatoms. The molecule has 14 nitrogen and oxygen atoms in total. The molecule has 0 amide bonds. The Morgan fingerprint density at radius 1 is 0.808 bits per heavy atom. The summed E-state index contributed by atoms with van der Waals surface area (Å²) >= 11 is 0. The van der Waals surface area contributed by atoms with E-state index < -0.39 is 10.2 Å². The van der Waals surface area contributed by atoms with Gasteiger partial charge in [0.2, 0.25) is 0 Å². The van der Waals surface area contributed by atoms with Crippen molar-refractivity contribution >= 4 is 11.9 Å². The van der Waals surface area contributed by atoms with E-state index >= 15 is 0 Å². The number of unbranched alkanes of at least 4 members (excludes halogenated alkanes) is 1. The van der Waals surface area contributed by atoms with E-state index in [1.807, 2.05) is 24.5 Å². The van der Waals surface area contributed by atoms with Crippen molar-refractivity contribution in [2.45, 2.75) is 12.8 Å². The van der Waals surface area contributed by atoms with E-state index in [9.17, 15) is 0 Å². The van der Waals surface area contributed by atoms with Gasteiger partial charge in [0.15, 0.2) is 0 Å². The minimum absolute atomic E-state index is 0.809. The van der Waals surface area contributed by atoms with Crippen molar-refractivity contribution in [1.29, 1.82) is 0 Å². The highest BCUT2D eigenvalue weighted by Gasteiger charge is 2.02. The lowest BCUT2D eigenvalue weighted by atomic mass is 10.3. The molecule has 0 bridgehead atoms. The summed E-state index contributed by atoms with van der Waals surface area (Å²) in [5.74, 6) is 1.62. The zero-order chi connectivity index (χ0) is 19.6. The summed E-state index contributed by atoms with van der Waals surface area (Å²) in [5, 5.41) is 36.0. The predicted molar refractivity (Wildman–Crippen MR) is 88.5 cm³/mol. The van der Waals surface area contributed by atoms with Crippen LogP contribution in [0, 0.1) is 30.6 Å². The van der Waals surface area contributed by atoms with Crippen LogP contribution in [0.3, 0.4) is 0 Å². The third-order valence-corrected chi connectivity index (χ3v) is 2.40. The molecule has 26 heavy (non-hydrogen) atoms. The molecule has 2 rings (SSSR count). The molecule has 0 radical (unpaired) electrons. The van der Waals surface area contributed by atoms with Gasteiger partial charge in [-0.25, -0.2) is 9.97 Å². The summed E-state index contributed by atoms with van der Waals surface area (Å²) in [6.07, 6.45) is 9.38. The highest BCUT2D eigenvalue weighted by molar-refractivity contribution is 5.15. The Morgan fingerprint density at radius 2 is 1.15 bits per heavy atom. The Kier molecular flexibility index (Phi) is 12.6. The van der Waals surface area contributed by atoms with E-state index in [0.29, 0.717) is 0 Å². The second-order valence-corrected chi connectivity index (χ2v) is 4.27. The fraction of sp³-hybridized carbons (Fsp3) is 0.333. The maximum absolute atomic E-state index is 8.25. The molecule has 0 spiro atoms. The first-order valence-electron chi connectivity index (χ1n) is 7.18. The number of aromatic amines is 2. The summed E-state index contributed by atoms with van der Waals surface area (Å²) in [4.78, 5) is 30.9. The third-order valence-electron chi connectivity index (χ3n) is 2.40. The van der Waals surface area contributed by atoms with Crippen molar-refractivity contribution < 1.29 is 20.1 Å². The van der Waals surface area contributed by atoms with E-state index in [2.05, 4.69) is 30.6 Å². The number of hydrogen-bond acceptors (Lipinski definition) is 10. The molecule has 0 atom stereocenters. The number of nitrogens with one attached hydrogen (secondary N) is 4. The molecular formula is C12H18N8O6. The summed E-state index contributed by atoms with van der Waals surface area (Å²) in [6.45, 7) is 1.81. The Labute approximate surface area is 147 Å². The van der Waals surface area contributed by atoms with Crippen LogP contribution in [0.5, 0.6) is 0 Å². The van der Waals surface area contributed by atoms with Crippen LogP contribution in [-0.2, 0) is 0 Å². The van der Waals surface area contributed by atoms with Crippen molar-refractivity contribution in [2.24, 2.45) is 0 Å². The molecule has 0 unspecified atom stereocenters. The average Bonchev–Trinajstić information content (AvgIpc) is 2.59. The molecule has 0 aliphatic heterocycles. The maximum Gasteiger partial charge on any atom is 0.389 e. The van der Waals surface area contributed by atoms with Gasteiger partial charge in [-0.05, 0) is 12.8 Å². The van der Waals surface area contributed by atoms with E-state index in [4.69, 9.17) is 30.6 Å². The minimum Gasteiger partial charge on any atom is -0.356 e.